The van der Waals surface area contributed by atoms with E-state index in [1.54, 1.807) is 0 Å². The number of β-amino-alcohol motifs (C(OH)–C–C–N with tert-alkyl or cyclic N) is 1. The minimum absolute atomic E-state index is 0.352. The van der Waals surface area contributed by atoms with E-state index in [1.165, 1.54) is 25.7 Å². The lowest BCUT2D eigenvalue weighted by Gasteiger charge is -2.22. The monoisotopic (exact) mass is 219 g/mol. The van der Waals surface area contributed by atoms with Gasteiger partial charge in [-0.05, 0) is 38.3 Å². The zero-order valence-corrected chi connectivity index (χ0v) is 9.84. The van der Waals surface area contributed by atoms with E-state index in [0.717, 1.165) is 25.6 Å². The first-order valence-corrected chi connectivity index (χ1v) is 6.26. The highest BCUT2D eigenvalue weighted by Crippen LogP contribution is 2.20. The lowest BCUT2D eigenvalue weighted by Crippen LogP contribution is -2.34. The molecule has 0 aromatic rings. The van der Waals surface area contributed by atoms with Gasteiger partial charge in [0.25, 0.3) is 0 Å². The molecule has 0 aromatic heterocycles. The molecule has 2 nitrogen and oxygen atoms in total. The van der Waals surface area contributed by atoms with E-state index in [2.05, 4.69) is 11.8 Å². The van der Waals surface area contributed by atoms with Crippen molar-refractivity contribution in [1.29, 1.82) is 0 Å². The molecular weight excluding hydrogens is 198 g/mol. The van der Waals surface area contributed by atoms with Crippen LogP contribution in [0.3, 0.4) is 0 Å². The predicted octanol–water partition coefficient (Wildman–Crippen LogP) is 2.10. The number of nitrogens with zero attached hydrogens (tertiary/aromatic N) is 1. The molecule has 0 bridgehead atoms. The minimum atomic E-state index is -0.352. The molecule has 0 radical (unpaired) electrons. The molecule has 3 heteroatoms. The summed E-state index contributed by atoms with van der Waals surface area (Å²) in [5, 5.41) is 9.45. The Kier molecular flexibility index (Phi) is 5.83. The summed E-state index contributed by atoms with van der Waals surface area (Å²) in [6.07, 6.45) is 4.85. The van der Waals surface area contributed by atoms with E-state index < -0.39 is 0 Å². The van der Waals surface area contributed by atoms with Crippen LogP contribution in [0.2, 0.25) is 0 Å². The van der Waals surface area contributed by atoms with Gasteiger partial charge in [0.2, 0.25) is 0 Å². The Morgan fingerprint density at radius 1 is 1.43 bits per heavy atom. The van der Waals surface area contributed by atoms with Gasteiger partial charge in [0, 0.05) is 12.4 Å². The topological polar surface area (TPSA) is 23.5 Å². The molecule has 14 heavy (non-hydrogen) atoms. The summed E-state index contributed by atoms with van der Waals surface area (Å²) < 4.78 is 0. The Morgan fingerprint density at radius 3 is 2.86 bits per heavy atom. The van der Waals surface area contributed by atoms with Gasteiger partial charge in [-0.2, -0.15) is 0 Å². The SMILES string of the molecule is CCC1CCCN(CC(O)CCl)CC1. The third-order valence-corrected chi connectivity index (χ3v) is 3.52. The molecule has 0 aliphatic carbocycles. The van der Waals surface area contributed by atoms with Gasteiger partial charge in [0.05, 0.1) is 6.10 Å². The molecule has 2 atom stereocenters. The maximum atomic E-state index is 9.45. The van der Waals surface area contributed by atoms with Crippen molar-refractivity contribution in [2.24, 2.45) is 5.92 Å². The van der Waals surface area contributed by atoms with Crippen molar-refractivity contribution in [2.75, 3.05) is 25.5 Å². The number of alkyl halides is 1. The highest BCUT2D eigenvalue weighted by atomic mass is 35.5. The maximum Gasteiger partial charge on any atom is 0.0802 e. The van der Waals surface area contributed by atoms with Crippen LogP contribution in [-0.2, 0) is 0 Å². The van der Waals surface area contributed by atoms with Gasteiger partial charge < -0.3 is 10.0 Å². The van der Waals surface area contributed by atoms with E-state index in [4.69, 9.17) is 11.6 Å². The fourth-order valence-electron chi connectivity index (χ4n) is 2.16. The van der Waals surface area contributed by atoms with Crippen molar-refractivity contribution < 1.29 is 5.11 Å². The molecule has 1 aliphatic heterocycles. The number of hydrogen-bond acceptors (Lipinski definition) is 2. The van der Waals surface area contributed by atoms with Crippen LogP contribution in [0.5, 0.6) is 0 Å². The van der Waals surface area contributed by atoms with Crippen molar-refractivity contribution >= 4 is 11.6 Å². The van der Waals surface area contributed by atoms with Crippen LogP contribution in [0, 0.1) is 5.92 Å². The summed E-state index contributed by atoms with van der Waals surface area (Å²) in [6, 6.07) is 0. The Hall–Kier alpha value is 0.210. The normalized spacial score (nSPS) is 27.2. The van der Waals surface area contributed by atoms with Crippen LogP contribution in [0.1, 0.15) is 32.6 Å². The average Bonchev–Trinajstić information content (AvgIpc) is 2.43. The predicted molar refractivity (Wildman–Crippen MR) is 60.8 cm³/mol. The number of aliphatic hydroxyl groups is 1. The van der Waals surface area contributed by atoms with Crippen LogP contribution in [0.15, 0.2) is 0 Å². The molecule has 0 amide bonds. The molecule has 2 unspecified atom stereocenters. The standard InChI is InChI=1S/C11H22ClNO/c1-2-10-4-3-6-13(7-5-10)9-11(14)8-12/h10-11,14H,2-9H2,1H3. The maximum absolute atomic E-state index is 9.45. The molecule has 0 spiro atoms. The lowest BCUT2D eigenvalue weighted by atomic mass is 9.98. The fourth-order valence-corrected chi connectivity index (χ4v) is 2.26. The highest BCUT2D eigenvalue weighted by molar-refractivity contribution is 6.18. The van der Waals surface area contributed by atoms with E-state index in [1.807, 2.05) is 0 Å². The van der Waals surface area contributed by atoms with Crippen LogP contribution in [0.25, 0.3) is 0 Å². The zero-order chi connectivity index (χ0) is 10.4. The van der Waals surface area contributed by atoms with Crippen LogP contribution in [0.4, 0.5) is 0 Å². The Bertz CT molecular complexity index is 154. The van der Waals surface area contributed by atoms with Crippen molar-refractivity contribution in [2.45, 2.75) is 38.7 Å². The van der Waals surface area contributed by atoms with Gasteiger partial charge in [0.1, 0.15) is 0 Å². The quantitative estimate of drug-likeness (QED) is 0.733. The van der Waals surface area contributed by atoms with Gasteiger partial charge in [-0.15, -0.1) is 11.6 Å². The first kappa shape index (κ1) is 12.3. The summed E-state index contributed by atoms with van der Waals surface area (Å²) in [5.74, 6) is 1.25. The van der Waals surface area contributed by atoms with E-state index in [9.17, 15) is 5.11 Å². The first-order valence-electron chi connectivity index (χ1n) is 5.72. The summed E-state index contributed by atoms with van der Waals surface area (Å²) in [7, 11) is 0. The van der Waals surface area contributed by atoms with Crippen LogP contribution in [-0.4, -0.2) is 41.6 Å². The van der Waals surface area contributed by atoms with Gasteiger partial charge >= 0.3 is 0 Å². The van der Waals surface area contributed by atoms with Crippen molar-refractivity contribution in [3.8, 4) is 0 Å². The zero-order valence-electron chi connectivity index (χ0n) is 9.08. The van der Waals surface area contributed by atoms with Crippen molar-refractivity contribution in [3.63, 3.8) is 0 Å². The summed E-state index contributed by atoms with van der Waals surface area (Å²) >= 11 is 5.59. The number of halogens is 1. The average molecular weight is 220 g/mol. The lowest BCUT2D eigenvalue weighted by molar-refractivity contribution is 0.130. The number of aliphatic hydroxyl groups excluding tert-OH is 1. The van der Waals surface area contributed by atoms with Crippen molar-refractivity contribution in [1.82, 2.24) is 4.90 Å². The Balaban J connectivity index is 2.27. The number of likely N-dealkylation sites (tertiary alicyclic amines) is 1. The molecule has 1 heterocycles. The third-order valence-electron chi connectivity index (χ3n) is 3.16. The smallest absolute Gasteiger partial charge is 0.0802 e. The van der Waals surface area contributed by atoms with Gasteiger partial charge in [-0.25, -0.2) is 0 Å². The molecule has 1 saturated heterocycles. The molecule has 0 aromatic carbocycles. The van der Waals surface area contributed by atoms with Crippen molar-refractivity contribution in [3.05, 3.63) is 0 Å². The molecular formula is C11H22ClNO. The third kappa shape index (κ3) is 4.16. The summed E-state index contributed by atoms with van der Waals surface area (Å²) in [6.45, 7) is 5.28. The van der Waals surface area contributed by atoms with Gasteiger partial charge in [-0.1, -0.05) is 13.3 Å². The molecule has 1 fully saturated rings. The highest BCUT2D eigenvalue weighted by Gasteiger charge is 2.17. The fraction of sp³-hybridized carbons (Fsp3) is 1.00. The second-order valence-electron chi connectivity index (χ2n) is 4.31. The molecule has 84 valence electrons. The van der Waals surface area contributed by atoms with Crippen LogP contribution >= 0.6 is 11.6 Å². The molecule has 1 N–H and O–H groups in total. The van der Waals surface area contributed by atoms with Gasteiger partial charge in [0.15, 0.2) is 0 Å². The van der Waals surface area contributed by atoms with E-state index >= 15 is 0 Å². The first-order chi connectivity index (χ1) is 6.76. The minimum Gasteiger partial charge on any atom is -0.391 e. The second kappa shape index (κ2) is 6.65. The number of hydrogen-bond donors (Lipinski definition) is 1. The largest absolute Gasteiger partial charge is 0.391 e. The van der Waals surface area contributed by atoms with E-state index in [0.29, 0.717) is 5.88 Å². The molecule has 1 rings (SSSR count). The Labute approximate surface area is 92.2 Å². The second-order valence-corrected chi connectivity index (χ2v) is 4.62. The van der Waals surface area contributed by atoms with Crippen LogP contribution < -0.4 is 0 Å². The number of rotatable bonds is 4. The summed E-state index contributed by atoms with van der Waals surface area (Å²) in [4.78, 5) is 2.35. The Morgan fingerprint density at radius 2 is 2.21 bits per heavy atom. The van der Waals surface area contributed by atoms with Gasteiger partial charge in [-0.3, -0.25) is 0 Å². The summed E-state index contributed by atoms with van der Waals surface area (Å²) in [5.41, 5.74) is 0. The molecule has 1 aliphatic rings. The van der Waals surface area contributed by atoms with E-state index in [-0.39, 0.29) is 6.10 Å². The molecule has 0 saturated carbocycles.